The Morgan fingerprint density at radius 1 is 1.50 bits per heavy atom. The Morgan fingerprint density at radius 2 is 2.28 bits per heavy atom. The number of anilines is 1. The second-order valence-electron chi connectivity index (χ2n) is 3.85. The quantitative estimate of drug-likeness (QED) is 0.876. The van der Waals surface area contributed by atoms with Crippen molar-refractivity contribution >= 4 is 33.4 Å². The molecule has 0 saturated heterocycles. The van der Waals surface area contributed by atoms with Crippen molar-refractivity contribution in [2.75, 3.05) is 5.73 Å². The van der Waals surface area contributed by atoms with Crippen LogP contribution in [0.25, 0.3) is 0 Å². The number of nitrogens with two attached hydrogens (primary N) is 1. The first kappa shape index (κ1) is 13.4. The van der Waals surface area contributed by atoms with Crippen molar-refractivity contribution in [3.05, 3.63) is 34.2 Å². The summed E-state index contributed by atoms with van der Waals surface area (Å²) in [6, 6.07) is 3.71. The van der Waals surface area contributed by atoms with Crippen LogP contribution in [0.3, 0.4) is 0 Å². The summed E-state index contributed by atoms with van der Waals surface area (Å²) < 4.78 is 3.08. The van der Waals surface area contributed by atoms with E-state index in [1.807, 2.05) is 23.7 Å². The maximum Gasteiger partial charge on any atom is 0.119 e. The van der Waals surface area contributed by atoms with Gasteiger partial charge in [0.1, 0.15) is 5.03 Å². The van der Waals surface area contributed by atoms with E-state index >= 15 is 0 Å². The molecule has 2 aromatic heterocycles. The topological polar surface area (TPSA) is 56.7 Å². The van der Waals surface area contributed by atoms with Crippen LogP contribution in [0.15, 0.2) is 27.8 Å². The number of nitrogen functional groups attached to an aromatic ring is 1. The maximum atomic E-state index is 5.88. The van der Waals surface area contributed by atoms with E-state index in [9.17, 15) is 0 Å². The Bertz CT molecular complexity index is 553. The van der Waals surface area contributed by atoms with Gasteiger partial charge in [0.05, 0.1) is 21.5 Å². The van der Waals surface area contributed by atoms with Crippen molar-refractivity contribution in [1.29, 1.82) is 0 Å². The van der Waals surface area contributed by atoms with E-state index in [1.165, 1.54) is 5.69 Å². The smallest absolute Gasteiger partial charge is 0.119 e. The number of thioether (sulfide) groups is 1. The first-order valence-electron chi connectivity index (χ1n) is 5.68. The second kappa shape index (κ2) is 5.75. The van der Waals surface area contributed by atoms with E-state index < -0.39 is 0 Å². The molecule has 0 unspecified atom stereocenters. The van der Waals surface area contributed by atoms with Gasteiger partial charge in [-0.05, 0) is 41.9 Å². The fourth-order valence-electron chi connectivity index (χ4n) is 1.67. The molecule has 6 heteroatoms. The summed E-state index contributed by atoms with van der Waals surface area (Å²) >= 11 is 5.22. The third-order valence-corrected chi connectivity index (χ3v) is 4.66. The first-order valence-corrected chi connectivity index (χ1v) is 7.46. The third kappa shape index (κ3) is 2.70. The SMILES string of the molecule is CCn1nc(C)c(Br)c1CSc1ncccc1N. The van der Waals surface area contributed by atoms with Crippen molar-refractivity contribution in [3.8, 4) is 0 Å². The number of hydrogen-bond acceptors (Lipinski definition) is 4. The van der Waals surface area contributed by atoms with Gasteiger partial charge in [0.25, 0.3) is 0 Å². The van der Waals surface area contributed by atoms with Crippen LogP contribution in [0.2, 0.25) is 0 Å². The minimum Gasteiger partial charge on any atom is -0.397 e. The van der Waals surface area contributed by atoms with Crippen LogP contribution in [0.4, 0.5) is 5.69 Å². The lowest BCUT2D eigenvalue weighted by Crippen LogP contribution is -2.02. The maximum absolute atomic E-state index is 5.88. The third-order valence-electron chi connectivity index (χ3n) is 2.60. The Kier molecular flexibility index (Phi) is 4.29. The Hall–Kier alpha value is -1.01. The molecule has 0 fully saturated rings. The molecule has 0 bridgehead atoms. The average molecular weight is 327 g/mol. The summed E-state index contributed by atoms with van der Waals surface area (Å²) in [6.45, 7) is 4.95. The molecule has 0 aliphatic rings. The predicted molar refractivity (Wildman–Crippen MR) is 78.5 cm³/mol. The van der Waals surface area contributed by atoms with E-state index in [0.717, 1.165) is 33.2 Å². The molecule has 18 heavy (non-hydrogen) atoms. The lowest BCUT2D eigenvalue weighted by atomic mass is 10.4. The molecule has 0 atom stereocenters. The molecule has 4 nitrogen and oxygen atoms in total. The minimum atomic E-state index is 0.720. The number of rotatable bonds is 4. The Morgan fingerprint density at radius 3 is 2.94 bits per heavy atom. The summed E-state index contributed by atoms with van der Waals surface area (Å²) in [7, 11) is 0. The molecule has 0 spiro atoms. The Labute approximate surface area is 119 Å². The van der Waals surface area contributed by atoms with Gasteiger partial charge in [0.15, 0.2) is 0 Å². The van der Waals surface area contributed by atoms with Crippen LogP contribution in [-0.2, 0) is 12.3 Å². The van der Waals surface area contributed by atoms with E-state index in [4.69, 9.17) is 5.73 Å². The summed E-state index contributed by atoms with van der Waals surface area (Å²) in [4.78, 5) is 4.28. The minimum absolute atomic E-state index is 0.720. The van der Waals surface area contributed by atoms with Gasteiger partial charge in [-0.25, -0.2) is 4.98 Å². The predicted octanol–water partition coefficient (Wildman–Crippen LogP) is 3.24. The van der Waals surface area contributed by atoms with Gasteiger partial charge in [-0.15, -0.1) is 0 Å². The van der Waals surface area contributed by atoms with Crippen molar-refractivity contribution in [1.82, 2.24) is 14.8 Å². The molecule has 0 aliphatic carbocycles. The fourth-order valence-corrected chi connectivity index (χ4v) is 3.21. The largest absolute Gasteiger partial charge is 0.397 e. The van der Waals surface area contributed by atoms with Crippen LogP contribution in [-0.4, -0.2) is 14.8 Å². The van der Waals surface area contributed by atoms with Gasteiger partial charge in [0.2, 0.25) is 0 Å². The van der Waals surface area contributed by atoms with Crippen molar-refractivity contribution in [2.24, 2.45) is 0 Å². The van der Waals surface area contributed by atoms with Gasteiger partial charge in [-0.2, -0.15) is 5.10 Å². The van der Waals surface area contributed by atoms with Gasteiger partial charge in [0, 0.05) is 18.5 Å². The van der Waals surface area contributed by atoms with Crippen LogP contribution < -0.4 is 5.73 Å². The lowest BCUT2D eigenvalue weighted by Gasteiger charge is -2.06. The highest BCUT2D eigenvalue weighted by molar-refractivity contribution is 9.10. The van der Waals surface area contributed by atoms with Crippen LogP contribution in [0, 0.1) is 6.92 Å². The molecular formula is C12H15BrN4S. The van der Waals surface area contributed by atoms with Crippen molar-refractivity contribution < 1.29 is 0 Å². The molecule has 2 N–H and O–H groups in total. The Balaban J connectivity index is 2.18. The first-order chi connectivity index (χ1) is 8.63. The van der Waals surface area contributed by atoms with Crippen LogP contribution >= 0.6 is 27.7 Å². The monoisotopic (exact) mass is 326 g/mol. The average Bonchev–Trinajstić information content (AvgIpc) is 2.65. The number of aromatic nitrogens is 3. The molecule has 0 radical (unpaired) electrons. The van der Waals surface area contributed by atoms with Gasteiger partial charge in [-0.1, -0.05) is 11.8 Å². The summed E-state index contributed by atoms with van der Waals surface area (Å²) in [5, 5.41) is 5.33. The molecule has 2 rings (SSSR count). The molecule has 96 valence electrons. The van der Waals surface area contributed by atoms with Crippen molar-refractivity contribution in [2.45, 2.75) is 31.2 Å². The lowest BCUT2D eigenvalue weighted by molar-refractivity contribution is 0.631. The number of aryl methyl sites for hydroxylation is 2. The molecule has 0 amide bonds. The van der Waals surface area contributed by atoms with Gasteiger partial charge < -0.3 is 5.73 Å². The zero-order valence-corrected chi connectivity index (χ0v) is 12.8. The fraction of sp³-hybridized carbons (Fsp3) is 0.333. The highest BCUT2D eigenvalue weighted by Crippen LogP contribution is 2.30. The van der Waals surface area contributed by atoms with E-state index in [1.54, 1.807) is 18.0 Å². The van der Waals surface area contributed by atoms with Crippen LogP contribution in [0.5, 0.6) is 0 Å². The zero-order chi connectivity index (χ0) is 13.1. The van der Waals surface area contributed by atoms with Crippen LogP contribution in [0.1, 0.15) is 18.3 Å². The zero-order valence-electron chi connectivity index (χ0n) is 10.4. The normalized spacial score (nSPS) is 10.8. The molecule has 0 aliphatic heterocycles. The molecule has 2 heterocycles. The standard InChI is InChI=1S/C12H15BrN4S/c1-3-17-10(11(13)8(2)16-17)7-18-12-9(14)5-4-6-15-12/h4-6H,3,7,14H2,1-2H3. The van der Waals surface area contributed by atoms with E-state index in [0.29, 0.717) is 0 Å². The van der Waals surface area contributed by atoms with E-state index in [-0.39, 0.29) is 0 Å². The number of nitrogens with zero attached hydrogens (tertiary/aromatic N) is 3. The molecule has 0 saturated carbocycles. The number of pyridine rings is 1. The summed E-state index contributed by atoms with van der Waals surface area (Å²) in [6.07, 6.45) is 1.76. The van der Waals surface area contributed by atoms with E-state index in [2.05, 4.69) is 32.9 Å². The molecular weight excluding hydrogens is 312 g/mol. The second-order valence-corrected chi connectivity index (χ2v) is 5.61. The highest BCUT2D eigenvalue weighted by Gasteiger charge is 2.13. The molecule has 0 aromatic carbocycles. The number of halogens is 1. The summed E-state index contributed by atoms with van der Waals surface area (Å²) in [5.41, 5.74) is 8.79. The molecule has 2 aromatic rings. The highest BCUT2D eigenvalue weighted by atomic mass is 79.9. The summed E-state index contributed by atoms with van der Waals surface area (Å²) in [5.74, 6) is 0.802. The van der Waals surface area contributed by atoms with Gasteiger partial charge in [-0.3, -0.25) is 4.68 Å². The van der Waals surface area contributed by atoms with Gasteiger partial charge >= 0.3 is 0 Å². The number of hydrogen-bond donors (Lipinski definition) is 1. The van der Waals surface area contributed by atoms with Crippen molar-refractivity contribution in [3.63, 3.8) is 0 Å².